The Morgan fingerprint density at radius 3 is 1.87 bits per heavy atom. The van der Waals surface area contributed by atoms with E-state index in [0.29, 0.717) is 24.4 Å². The fourth-order valence-electron chi connectivity index (χ4n) is 3.40. The van der Waals surface area contributed by atoms with Crippen LogP contribution in [0, 0.1) is 6.92 Å². The molecule has 1 heterocycles. The summed E-state index contributed by atoms with van der Waals surface area (Å²) in [6.07, 6.45) is 2.67. The monoisotopic (exact) mass is 451 g/mol. The fraction of sp³-hybridized carbons (Fsp3) is 0.522. The predicted molar refractivity (Wildman–Crippen MR) is 122 cm³/mol. The number of phenols is 1. The standard InChI is InChI=1S/C23H33NO6S/c1-14-19(25)21(27)18(30-31(8,28)29)13-24(14)10-9-15-11-16(22(2,3)4)20(26)17(12-15)23(5,6)7/h11-13,25-26H,9-10H2,1-8H3. The summed E-state index contributed by atoms with van der Waals surface area (Å²) in [5.41, 5.74) is 1.59. The highest BCUT2D eigenvalue weighted by molar-refractivity contribution is 7.86. The quantitative estimate of drug-likeness (QED) is 0.671. The number of pyridine rings is 1. The molecule has 0 aliphatic rings. The number of phenolic OH excluding ortho intramolecular Hbond substituents is 1. The third-order valence-corrected chi connectivity index (χ3v) is 5.64. The molecule has 0 saturated carbocycles. The van der Waals surface area contributed by atoms with Gasteiger partial charge in [0.15, 0.2) is 5.75 Å². The van der Waals surface area contributed by atoms with Crippen molar-refractivity contribution in [3.63, 3.8) is 0 Å². The molecule has 0 aliphatic carbocycles. The van der Waals surface area contributed by atoms with Crippen molar-refractivity contribution in [2.75, 3.05) is 6.26 Å². The summed E-state index contributed by atoms with van der Waals surface area (Å²) in [7, 11) is -3.91. The number of aryl methyl sites for hydroxylation is 2. The van der Waals surface area contributed by atoms with E-state index in [9.17, 15) is 23.4 Å². The molecule has 0 bridgehead atoms. The van der Waals surface area contributed by atoms with Crippen molar-refractivity contribution >= 4 is 10.1 Å². The van der Waals surface area contributed by atoms with Gasteiger partial charge in [0.1, 0.15) is 5.75 Å². The number of hydrogen-bond acceptors (Lipinski definition) is 6. The van der Waals surface area contributed by atoms with Crippen molar-refractivity contribution in [2.45, 2.75) is 72.3 Å². The van der Waals surface area contributed by atoms with Gasteiger partial charge in [0.25, 0.3) is 5.43 Å². The molecule has 0 atom stereocenters. The molecule has 2 aromatic rings. The first-order chi connectivity index (χ1) is 13.9. The average Bonchev–Trinajstić information content (AvgIpc) is 2.59. The average molecular weight is 452 g/mol. The number of benzene rings is 1. The van der Waals surface area contributed by atoms with Crippen molar-refractivity contribution in [2.24, 2.45) is 0 Å². The van der Waals surface area contributed by atoms with Crippen LogP contribution in [0.15, 0.2) is 23.1 Å². The zero-order valence-electron chi connectivity index (χ0n) is 19.5. The Balaban J connectivity index is 2.51. The second-order valence-corrected chi connectivity index (χ2v) is 11.6. The maximum atomic E-state index is 12.2. The molecular formula is C23H33NO6S. The summed E-state index contributed by atoms with van der Waals surface area (Å²) in [4.78, 5) is 12.2. The van der Waals surface area contributed by atoms with Gasteiger partial charge in [-0.05, 0) is 40.9 Å². The lowest BCUT2D eigenvalue weighted by molar-refractivity contribution is 0.422. The van der Waals surface area contributed by atoms with Crippen LogP contribution in [0.1, 0.15) is 63.9 Å². The van der Waals surface area contributed by atoms with Crippen molar-refractivity contribution in [3.05, 3.63) is 50.9 Å². The van der Waals surface area contributed by atoms with E-state index in [1.807, 2.05) is 53.7 Å². The Kier molecular flexibility index (Phi) is 6.57. The topological polar surface area (TPSA) is 106 Å². The summed E-state index contributed by atoms with van der Waals surface area (Å²) in [6, 6.07) is 3.94. The third-order valence-electron chi connectivity index (χ3n) is 5.15. The van der Waals surface area contributed by atoms with Gasteiger partial charge >= 0.3 is 10.1 Å². The number of nitrogens with zero attached hydrogens (tertiary/aromatic N) is 1. The van der Waals surface area contributed by atoms with E-state index < -0.39 is 27.0 Å². The first-order valence-corrected chi connectivity index (χ1v) is 11.9. The van der Waals surface area contributed by atoms with Crippen LogP contribution in [-0.4, -0.2) is 29.5 Å². The summed E-state index contributed by atoms with van der Waals surface area (Å²) >= 11 is 0. The van der Waals surface area contributed by atoms with E-state index in [4.69, 9.17) is 4.18 Å². The van der Waals surface area contributed by atoms with Crippen LogP contribution in [-0.2, 0) is 33.9 Å². The molecule has 0 aliphatic heterocycles. The molecule has 0 spiro atoms. The van der Waals surface area contributed by atoms with Crippen LogP contribution in [0.3, 0.4) is 0 Å². The Hall–Kier alpha value is -2.48. The maximum Gasteiger partial charge on any atom is 0.306 e. The number of aromatic nitrogens is 1. The smallest absolute Gasteiger partial charge is 0.306 e. The van der Waals surface area contributed by atoms with Gasteiger partial charge in [-0.25, -0.2) is 0 Å². The third kappa shape index (κ3) is 5.81. The Morgan fingerprint density at radius 2 is 1.45 bits per heavy atom. The molecule has 0 unspecified atom stereocenters. The molecule has 0 saturated heterocycles. The first kappa shape index (κ1) is 24.8. The highest BCUT2D eigenvalue weighted by Crippen LogP contribution is 2.40. The van der Waals surface area contributed by atoms with Gasteiger partial charge in [-0.2, -0.15) is 8.42 Å². The van der Waals surface area contributed by atoms with Crippen LogP contribution in [0.2, 0.25) is 0 Å². The van der Waals surface area contributed by atoms with Crippen LogP contribution < -0.4 is 9.61 Å². The SMILES string of the molecule is Cc1c(O)c(=O)c(OS(C)(=O)=O)cn1CCc1cc(C(C)(C)C)c(O)c(C(C)(C)C)c1. The zero-order chi connectivity index (χ0) is 23.9. The largest absolute Gasteiger partial charge is 0.507 e. The lowest BCUT2D eigenvalue weighted by Crippen LogP contribution is -2.19. The summed E-state index contributed by atoms with van der Waals surface area (Å²) < 4.78 is 29.3. The van der Waals surface area contributed by atoms with E-state index in [1.165, 1.54) is 6.20 Å². The molecule has 2 N–H and O–H groups in total. The van der Waals surface area contributed by atoms with Crippen LogP contribution in [0.4, 0.5) is 0 Å². The highest BCUT2D eigenvalue weighted by atomic mass is 32.2. The minimum Gasteiger partial charge on any atom is -0.507 e. The Morgan fingerprint density at radius 1 is 0.968 bits per heavy atom. The van der Waals surface area contributed by atoms with E-state index in [0.717, 1.165) is 22.9 Å². The van der Waals surface area contributed by atoms with Gasteiger partial charge < -0.3 is 19.0 Å². The summed E-state index contributed by atoms with van der Waals surface area (Å²) in [5.74, 6) is -0.690. The lowest BCUT2D eigenvalue weighted by atomic mass is 9.78. The van der Waals surface area contributed by atoms with E-state index >= 15 is 0 Å². The molecule has 0 fully saturated rings. The molecule has 8 heteroatoms. The van der Waals surface area contributed by atoms with Crippen LogP contribution >= 0.6 is 0 Å². The molecule has 7 nitrogen and oxygen atoms in total. The number of rotatable bonds is 5. The van der Waals surface area contributed by atoms with Gasteiger partial charge in [-0.3, -0.25) is 4.79 Å². The number of hydrogen-bond donors (Lipinski definition) is 2. The van der Waals surface area contributed by atoms with Gasteiger partial charge in [-0.1, -0.05) is 53.7 Å². The van der Waals surface area contributed by atoms with Gasteiger partial charge in [0.2, 0.25) is 5.75 Å². The molecule has 0 radical (unpaired) electrons. The van der Waals surface area contributed by atoms with E-state index in [1.54, 1.807) is 11.5 Å². The first-order valence-electron chi connectivity index (χ1n) is 10.1. The van der Waals surface area contributed by atoms with Crippen LogP contribution in [0.25, 0.3) is 0 Å². The number of aromatic hydroxyl groups is 2. The highest BCUT2D eigenvalue weighted by Gasteiger charge is 2.26. The summed E-state index contributed by atoms with van der Waals surface area (Å²) in [6.45, 7) is 14.2. The summed E-state index contributed by atoms with van der Waals surface area (Å²) in [5, 5.41) is 21.0. The fourth-order valence-corrected chi connectivity index (χ4v) is 3.85. The zero-order valence-corrected chi connectivity index (χ0v) is 20.3. The van der Waals surface area contributed by atoms with Crippen molar-refractivity contribution in [1.29, 1.82) is 0 Å². The minimum atomic E-state index is -3.91. The van der Waals surface area contributed by atoms with Gasteiger partial charge in [-0.15, -0.1) is 0 Å². The van der Waals surface area contributed by atoms with Gasteiger partial charge in [0.05, 0.1) is 18.1 Å². The van der Waals surface area contributed by atoms with Crippen LogP contribution in [0.5, 0.6) is 17.2 Å². The van der Waals surface area contributed by atoms with Gasteiger partial charge in [0, 0.05) is 6.54 Å². The van der Waals surface area contributed by atoms with E-state index in [-0.39, 0.29) is 10.8 Å². The Labute approximate surface area is 184 Å². The molecule has 1 aromatic heterocycles. The second-order valence-electron chi connectivity index (χ2n) is 10.0. The molecule has 2 rings (SSSR count). The molecule has 172 valence electrons. The minimum absolute atomic E-state index is 0.262. The molecule has 0 amide bonds. The van der Waals surface area contributed by atoms with Crippen molar-refractivity contribution < 1.29 is 22.8 Å². The second kappa shape index (κ2) is 8.22. The molecule has 1 aromatic carbocycles. The Bertz CT molecular complexity index is 1110. The predicted octanol–water partition coefficient (Wildman–Crippen LogP) is 3.74. The maximum absolute atomic E-state index is 12.2. The van der Waals surface area contributed by atoms with Crippen molar-refractivity contribution in [1.82, 2.24) is 4.57 Å². The molecule has 31 heavy (non-hydrogen) atoms. The molecular weight excluding hydrogens is 418 g/mol. The normalized spacial score (nSPS) is 12.8. The lowest BCUT2D eigenvalue weighted by Gasteiger charge is -2.28. The van der Waals surface area contributed by atoms with E-state index in [2.05, 4.69) is 0 Å². The van der Waals surface area contributed by atoms with Crippen molar-refractivity contribution in [3.8, 4) is 17.2 Å².